The molecule has 1 aromatic carbocycles. The third-order valence-corrected chi connectivity index (χ3v) is 3.42. The van der Waals surface area contributed by atoms with E-state index in [2.05, 4.69) is 11.9 Å². The third kappa shape index (κ3) is 4.82. The van der Waals surface area contributed by atoms with E-state index in [-0.39, 0.29) is 0 Å². The Balaban J connectivity index is 1.67. The SMILES string of the molecule is CN(CCOc1cccc(CN)c1)CC1CCCO1. The molecule has 1 unspecified atom stereocenters. The Hall–Kier alpha value is -1.10. The normalized spacial score (nSPS) is 19.0. The van der Waals surface area contributed by atoms with Gasteiger partial charge in [0.25, 0.3) is 0 Å². The van der Waals surface area contributed by atoms with Crippen LogP contribution in [0.25, 0.3) is 0 Å². The molecule has 1 saturated heterocycles. The minimum atomic E-state index is 0.408. The van der Waals surface area contributed by atoms with Gasteiger partial charge in [-0.15, -0.1) is 0 Å². The van der Waals surface area contributed by atoms with Crippen molar-refractivity contribution in [1.82, 2.24) is 4.90 Å². The fraction of sp³-hybridized carbons (Fsp3) is 0.600. The van der Waals surface area contributed by atoms with Gasteiger partial charge in [-0.2, -0.15) is 0 Å². The van der Waals surface area contributed by atoms with E-state index in [1.807, 2.05) is 24.3 Å². The summed E-state index contributed by atoms with van der Waals surface area (Å²) in [6.07, 6.45) is 2.79. The molecule has 0 saturated carbocycles. The van der Waals surface area contributed by atoms with Crippen LogP contribution in [0.4, 0.5) is 0 Å². The summed E-state index contributed by atoms with van der Waals surface area (Å²) in [4.78, 5) is 2.27. The molecule has 0 spiro atoms. The fourth-order valence-corrected chi connectivity index (χ4v) is 2.31. The highest BCUT2D eigenvalue weighted by atomic mass is 16.5. The van der Waals surface area contributed by atoms with Crippen LogP contribution in [0, 0.1) is 0 Å². The van der Waals surface area contributed by atoms with Gasteiger partial charge in [-0.1, -0.05) is 12.1 Å². The highest BCUT2D eigenvalue weighted by Gasteiger charge is 2.16. The molecule has 2 N–H and O–H groups in total. The summed E-state index contributed by atoms with van der Waals surface area (Å²) in [5.41, 5.74) is 6.71. The van der Waals surface area contributed by atoms with Crippen LogP contribution in [-0.4, -0.2) is 44.4 Å². The van der Waals surface area contributed by atoms with Gasteiger partial charge in [-0.25, -0.2) is 0 Å². The van der Waals surface area contributed by atoms with Gasteiger partial charge in [-0.3, -0.25) is 0 Å². The van der Waals surface area contributed by atoms with Crippen molar-refractivity contribution < 1.29 is 9.47 Å². The Morgan fingerprint density at radius 2 is 2.37 bits per heavy atom. The van der Waals surface area contributed by atoms with Crippen molar-refractivity contribution in [2.24, 2.45) is 5.73 Å². The Labute approximate surface area is 115 Å². The summed E-state index contributed by atoms with van der Waals surface area (Å²) in [6, 6.07) is 7.96. The predicted molar refractivity (Wildman–Crippen MR) is 76.3 cm³/mol. The number of likely N-dealkylation sites (N-methyl/N-ethyl adjacent to an activating group) is 1. The van der Waals surface area contributed by atoms with Gasteiger partial charge in [0, 0.05) is 26.2 Å². The maximum absolute atomic E-state index is 5.75. The second kappa shape index (κ2) is 7.48. The summed E-state index contributed by atoms with van der Waals surface area (Å²) in [6.45, 7) is 4.06. The molecular formula is C15H24N2O2. The first-order valence-corrected chi connectivity index (χ1v) is 7.00. The van der Waals surface area contributed by atoms with Crippen LogP contribution in [0.1, 0.15) is 18.4 Å². The van der Waals surface area contributed by atoms with Gasteiger partial charge in [0.15, 0.2) is 0 Å². The molecule has 1 aliphatic rings. The Kier molecular flexibility index (Phi) is 5.63. The van der Waals surface area contributed by atoms with Crippen LogP contribution in [0.15, 0.2) is 24.3 Å². The summed E-state index contributed by atoms with van der Waals surface area (Å²) < 4.78 is 11.4. The van der Waals surface area contributed by atoms with Gasteiger partial charge < -0.3 is 20.1 Å². The van der Waals surface area contributed by atoms with Crippen molar-refractivity contribution in [1.29, 1.82) is 0 Å². The molecule has 1 fully saturated rings. The monoisotopic (exact) mass is 264 g/mol. The average Bonchev–Trinajstić information content (AvgIpc) is 2.92. The van der Waals surface area contributed by atoms with Crippen LogP contribution in [0.2, 0.25) is 0 Å². The smallest absolute Gasteiger partial charge is 0.119 e. The molecule has 2 rings (SSSR count). The molecule has 0 aromatic heterocycles. The van der Waals surface area contributed by atoms with Crippen LogP contribution in [0.5, 0.6) is 5.75 Å². The lowest BCUT2D eigenvalue weighted by molar-refractivity contribution is 0.0771. The zero-order chi connectivity index (χ0) is 13.5. The minimum absolute atomic E-state index is 0.408. The first-order valence-electron chi connectivity index (χ1n) is 7.00. The van der Waals surface area contributed by atoms with Crippen LogP contribution in [0.3, 0.4) is 0 Å². The molecule has 4 heteroatoms. The third-order valence-electron chi connectivity index (χ3n) is 3.42. The van der Waals surface area contributed by atoms with E-state index in [4.69, 9.17) is 15.2 Å². The molecule has 1 aromatic rings. The Morgan fingerprint density at radius 3 is 3.11 bits per heavy atom. The topological polar surface area (TPSA) is 47.7 Å². The lowest BCUT2D eigenvalue weighted by atomic mass is 10.2. The molecule has 0 aliphatic carbocycles. The van der Waals surface area contributed by atoms with E-state index in [9.17, 15) is 0 Å². The fourth-order valence-electron chi connectivity index (χ4n) is 2.31. The van der Waals surface area contributed by atoms with Crippen molar-refractivity contribution in [3.63, 3.8) is 0 Å². The zero-order valence-corrected chi connectivity index (χ0v) is 11.7. The number of benzene rings is 1. The average molecular weight is 264 g/mol. The lowest BCUT2D eigenvalue weighted by Gasteiger charge is -2.20. The number of rotatable bonds is 7. The first-order chi connectivity index (χ1) is 9.28. The summed E-state index contributed by atoms with van der Waals surface area (Å²) in [5, 5.41) is 0. The molecule has 4 nitrogen and oxygen atoms in total. The lowest BCUT2D eigenvalue weighted by Crippen LogP contribution is -2.32. The van der Waals surface area contributed by atoms with E-state index in [1.165, 1.54) is 12.8 Å². The van der Waals surface area contributed by atoms with Crippen LogP contribution >= 0.6 is 0 Å². The maximum atomic E-state index is 5.75. The number of nitrogens with zero attached hydrogens (tertiary/aromatic N) is 1. The highest BCUT2D eigenvalue weighted by Crippen LogP contribution is 2.14. The highest BCUT2D eigenvalue weighted by molar-refractivity contribution is 5.28. The van der Waals surface area contributed by atoms with Crippen molar-refractivity contribution in [3.05, 3.63) is 29.8 Å². The second-order valence-corrected chi connectivity index (χ2v) is 5.10. The number of hydrogen-bond acceptors (Lipinski definition) is 4. The molecule has 0 radical (unpaired) electrons. The van der Waals surface area contributed by atoms with Gasteiger partial charge in [0.2, 0.25) is 0 Å². The predicted octanol–water partition coefficient (Wildman–Crippen LogP) is 1.63. The largest absolute Gasteiger partial charge is 0.492 e. The number of nitrogens with two attached hydrogens (primary N) is 1. The molecule has 1 atom stereocenters. The summed E-state index contributed by atoms with van der Waals surface area (Å²) >= 11 is 0. The molecule has 1 heterocycles. The molecule has 0 amide bonds. The van der Waals surface area contributed by atoms with Gasteiger partial charge in [-0.05, 0) is 37.6 Å². The summed E-state index contributed by atoms with van der Waals surface area (Å²) in [7, 11) is 2.11. The number of hydrogen-bond donors (Lipinski definition) is 1. The Bertz CT molecular complexity index is 378. The summed E-state index contributed by atoms with van der Waals surface area (Å²) in [5.74, 6) is 0.897. The van der Waals surface area contributed by atoms with Crippen LogP contribution in [-0.2, 0) is 11.3 Å². The van der Waals surface area contributed by atoms with E-state index < -0.39 is 0 Å². The standard InChI is InChI=1S/C15H24N2O2/c1-17(12-15-6-3-8-18-15)7-9-19-14-5-2-4-13(10-14)11-16/h2,4-5,10,15H,3,6-9,11-12,16H2,1H3. The van der Waals surface area contributed by atoms with E-state index in [0.29, 0.717) is 19.3 Å². The van der Waals surface area contributed by atoms with Crippen molar-refractivity contribution >= 4 is 0 Å². The molecule has 19 heavy (non-hydrogen) atoms. The molecule has 1 aliphatic heterocycles. The van der Waals surface area contributed by atoms with Gasteiger partial charge in [0.05, 0.1) is 6.10 Å². The minimum Gasteiger partial charge on any atom is -0.492 e. The van der Waals surface area contributed by atoms with E-state index in [1.54, 1.807) is 0 Å². The first kappa shape index (κ1) is 14.3. The van der Waals surface area contributed by atoms with Crippen molar-refractivity contribution in [3.8, 4) is 5.75 Å². The van der Waals surface area contributed by atoms with Crippen molar-refractivity contribution in [2.75, 3.05) is 33.4 Å². The van der Waals surface area contributed by atoms with E-state index in [0.717, 1.165) is 31.0 Å². The van der Waals surface area contributed by atoms with Crippen LogP contribution < -0.4 is 10.5 Å². The van der Waals surface area contributed by atoms with Crippen molar-refractivity contribution in [2.45, 2.75) is 25.5 Å². The Morgan fingerprint density at radius 1 is 1.47 bits per heavy atom. The molecule has 0 bridgehead atoms. The molecule has 106 valence electrons. The zero-order valence-electron chi connectivity index (χ0n) is 11.7. The van der Waals surface area contributed by atoms with Gasteiger partial charge >= 0.3 is 0 Å². The molecular weight excluding hydrogens is 240 g/mol. The van der Waals surface area contributed by atoms with E-state index >= 15 is 0 Å². The number of ether oxygens (including phenoxy) is 2. The quantitative estimate of drug-likeness (QED) is 0.813. The van der Waals surface area contributed by atoms with Gasteiger partial charge in [0.1, 0.15) is 12.4 Å². The second-order valence-electron chi connectivity index (χ2n) is 5.10. The maximum Gasteiger partial charge on any atom is 0.119 e.